The van der Waals surface area contributed by atoms with Crippen LogP contribution in [0, 0.1) is 5.92 Å². The van der Waals surface area contributed by atoms with Gasteiger partial charge in [-0.05, 0) is 36.6 Å². The number of carbonyl (C=O) groups is 1. The molecule has 0 heterocycles. The fourth-order valence-electron chi connectivity index (χ4n) is 1.88. The van der Waals surface area contributed by atoms with Gasteiger partial charge in [0.25, 0.3) is 0 Å². The van der Waals surface area contributed by atoms with Crippen LogP contribution in [0.25, 0.3) is 0 Å². The van der Waals surface area contributed by atoms with Gasteiger partial charge in [0, 0.05) is 0 Å². The molecule has 1 aromatic carbocycles. The molecule has 23 heavy (non-hydrogen) atoms. The molecule has 0 saturated heterocycles. The molecule has 0 aromatic heterocycles. The topological polar surface area (TPSA) is 92.7 Å². The molecule has 0 saturated carbocycles. The minimum absolute atomic E-state index is 0. The Bertz CT molecular complexity index is 570. The Morgan fingerprint density at radius 2 is 1.83 bits per heavy atom. The summed E-state index contributed by atoms with van der Waals surface area (Å²) in [6.45, 7) is 4.44. The van der Waals surface area contributed by atoms with E-state index in [1.54, 1.807) is 0 Å². The fraction of sp³-hybridized carbons (Fsp3) is 0.533. The maximum absolute atomic E-state index is 11.6. The van der Waals surface area contributed by atoms with Gasteiger partial charge in [0.15, 0.2) is 0 Å². The third kappa shape index (κ3) is 8.72. The molecule has 124 valence electrons. The summed E-state index contributed by atoms with van der Waals surface area (Å²) >= 11 is 0. The van der Waals surface area contributed by atoms with E-state index in [4.69, 9.17) is 9.47 Å². The van der Waals surface area contributed by atoms with Crippen molar-refractivity contribution in [1.82, 2.24) is 0 Å². The van der Waals surface area contributed by atoms with Crippen LogP contribution >= 0.6 is 0 Å². The maximum atomic E-state index is 11.6. The van der Waals surface area contributed by atoms with E-state index in [-0.39, 0.29) is 40.2 Å². The summed E-state index contributed by atoms with van der Waals surface area (Å²) in [6.07, 6.45) is 3.25. The number of benzene rings is 1. The largest absolute Gasteiger partial charge is 1.00 e. The van der Waals surface area contributed by atoms with Crippen LogP contribution in [0.5, 0.6) is 5.75 Å². The average molecular weight is 352 g/mol. The van der Waals surface area contributed by atoms with Gasteiger partial charge in [-0.3, -0.25) is 0 Å². The van der Waals surface area contributed by atoms with E-state index >= 15 is 0 Å². The Morgan fingerprint density at radius 3 is 2.30 bits per heavy atom. The molecule has 0 spiro atoms. The molecule has 1 aromatic rings. The monoisotopic (exact) mass is 352 g/mol. The third-order valence-electron chi connectivity index (χ3n) is 3.29. The summed E-state index contributed by atoms with van der Waals surface area (Å²) in [6, 6.07) is 4.64. The van der Waals surface area contributed by atoms with Crippen molar-refractivity contribution < 1.29 is 56.8 Å². The maximum Gasteiger partial charge on any atom is 1.00 e. The molecule has 0 aliphatic heterocycles. The van der Waals surface area contributed by atoms with Gasteiger partial charge in [0.2, 0.25) is 0 Å². The zero-order valence-corrected chi connectivity index (χ0v) is 16.6. The summed E-state index contributed by atoms with van der Waals surface area (Å²) in [4.78, 5) is 11.2. The van der Waals surface area contributed by atoms with Gasteiger partial charge >= 0.3 is 35.7 Å². The number of hydrogen-bond acceptors (Lipinski definition) is 6. The van der Waals surface area contributed by atoms with Crippen molar-refractivity contribution in [2.24, 2.45) is 5.92 Å². The fourth-order valence-corrected chi connectivity index (χ4v) is 2.35. The van der Waals surface area contributed by atoms with Crippen LogP contribution in [-0.4, -0.2) is 25.7 Å². The molecular weight excluding hydrogens is 331 g/mol. The average Bonchev–Trinajstić information content (AvgIpc) is 2.47. The van der Waals surface area contributed by atoms with Crippen LogP contribution in [0.15, 0.2) is 29.2 Å². The predicted molar refractivity (Wildman–Crippen MR) is 79.7 cm³/mol. The van der Waals surface area contributed by atoms with Crippen molar-refractivity contribution in [2.45, 2.75) is 44.4 Å². The zero-order valence-electron chi connectivity index (χ0n) is 13.8. The second kappa shape index (κ2) is 11.0. The van der Waals surface area contributed by atoms with Crippen LogP contribution in [-0.2, 0) is 14.9 Å². The van der Waals surface area contributed by atoms with E-state index in [9.17, 15) is 17.8 Å². The van der Waals surface area contributed by atoms with Crippen LogP contribution in [0.3, 0.4) is 0 Å². The smallest absolute Gasteiger partial charge is 0.744 e. The number of ether oxygens (including phenoxy) is 2. The van der Waals surface area contributed by atoms with Gasteiger partial charge in [0.05, 0.1) is 11.5 Å². The van der Waals surface area contributed by atoms with E-state index in [1.807, 2.05) is 6.92 Å². The van der Waals surface area contributed by atoms with Gasteiger partial charge in [-0.25, -0.2) is 13.2 Å². The molecule has 8 heteroatoms. The van der Waals surface area contributed by atoms with E-state index in [0.717, 1.165) is 37.8 Å². The molecule has 0 amide bonds. The SMILES string of the molecule is CCCCC(CC)COC(=O)Oc1ccc(S(=O)(=O)[O-])cc1.[Na+]. The van der Waals surface area contributed by atoms with Crippen molar-refractivity contribution in [1.29, 1.82) is 0 Å². The van der Waals surface area contributed by atoms with Gasteiger partial charge in [-0.2, -0.15) is 0 Å². The molecule has 0 N–H and O–H groups in total. The first-order valence-electron chi connectivity index (χ1n) is 7.27. The molecule has 1 unspecified atom stereocenters. The van der Waals surface area contributed by atoms with Gasteiger partial charge in [-0.1, -0.05) is 33.1 Å². The first-order valence-corrected chi connectivity index (χ1v) is 8.68. The van der Waals surface area contributed by atoms with Crippen molar-refractivity contribution in [3.05, 3.63) is 24.3 Å². The Labute approximate surface area is 159 Å². The Morgan fingerprint density at radius 1 is 1.22 bits per heavy atom. The Kier molecular flexibility index (Phi) is 10.8. The minimum Gasteiger partial charge on any atom is -0.744 e. The molecular formula is C15H21NaO6S. The van der Waals surface area contributed by atoms with Crippen LogP contribution < -0.4 is 34.3 Å². The molecule has 0 bridgehead atoms. The van der Waals surface area contributed by atoms with E-state index in [1.165, 1.54) is 12.1 Å². The number of unbranched alkanes of at least 4 members (excludes halogenated alkanes) is 1. The second-order valence-corrected chi connectivity index (χ2v) is 6.38. The van der Waals surface area contributed by atoms with Crippen LogP contribution in [0.4, 0.5) is 4.79 Å². The Hall–Kier alpha value is -0.600. The summed E-state index contributed by atoms with van der Waals surface area (Å²) in [5.74, 6) is 0.430. The number of rotatable bonds is 8. The van der Waals surface area contributed by atoms with Crippen LogP contribution in [0.2, 0.25) is 0 Å². The summed E-state index contributed by atoms with van der Waals surface area (Å²) < 4.78 is 42.3. The van der Waals surface area contributed by atoms with E-state index in [0.29, 0.717) is 12.5 Å². The third-order valence-corrected chi connectivity index (χ3v) is 4.14. The number of carbonyl (C=O) groups excluding carboxylic acids is 1. The molecule has 6 nitrogen and oxygen atoms in total. The molecule has 1 atom stereocenters. The second-order valence-electron chi connectivity index (χ2n) is 5.01. The van der Waals surface area contributed by atoms with Crippen molar-refractivity contribution in [2.75, 3.05) is 6.61 Å². The van der Waals surface area contributed by atoms with Crippen molar-refractivity contribution in [3.8, 4) is 5.75 Å². The van der Waals surface area contributed by atoms with Crippen LogP contribution in [0.1, 0.15) is 39.5 Å². The minimum atomic E-state index is -4.50. The van der Waals surface area contributed by atoms with Crippen molar-refractivity contribution >= 4 is 16.3 Å². The summed E-state index contributed by atoms with van der Waals surface area (Å²) in [5, 5.41) is 0. The van der Waals surface area contributed by atoms with E-state index < -0.39 is 16.3 Å². The normalized spacial score (nSPS) is 12.1. The Balaban J connectivity index is 0.00000484. The van der Waals surface area contributed by atoms with E-state index in [2.05, 4.69) is 6.92 Å². The molecule has 0 radical (unpaired) electrons. The standard InChI is InChI=1S/C15H22O6S.Na/c1-3-5-6-12(4-2)11-20-15(16)21-13-7-9-14(10-8-13)22(17,18)19;/h7-10,12H,3-6,11H2,1-2H3,(H,17,18,19);/q;+1/p-1. The molecule has 0 aliphatic carbocycles. The zero-order chi connectivity index (χ0) is 16.6. The molecule has 0 aliphatic rings. The summed E-state index contributed by atoms with van der Waals surface area (Å²) in [5.41, 5.74) is 0. The first kappa shape index (κ1) is 22.4. The van der Waals surface area contributed by atoms with Gasteiger partial charge < -0.3 is 14.0 Å². The van der Waals surface area contributed by atoms with Gasteiger partial charge in [-0.15, -0.1) is 0 Å². The molecule has 0 fully saturated rings. The van der Waals surface area contributed by atoms with Gasteiger partial charge in [0.1, 0.15) is 15.9 Å². The number of hydrogen-bond donors (Lipinski definition) is 0. The quantitative estimate of drug-likeness (QED) is 0.290. The first-order chi connectivity index (χ1) is 10.4. The van der Waals surface area contributed by atoms with Crippen molar-refractivity contribution in [3.63, 3.8) is 0 Å². The molecule has 1 rings (SSSR count). The summed E-state index contributed by atoms with van der Waals surface area (Å²) in [7, 11) is -4.50. The predicted octanol–water partition coefficient (Wildman–Crippen LogP) is 0.327.